The van der Waals surface area contributed by atoms with Gasteiger partial charge in [0.1, 0.15) is 23.1 Å². The third kappa shape index (κ3) is 6.61. The first-order chi connectivity index (χ1) is 16.4. The van der Waals surface area contributed by atoms with E-state index in [1.54, 1.807) is 17.9 Å². The molecule has 0 aliphatic carbocycles. The molecule has 2 heterocycles. The summed E-state index contributed by atoms with van der Waals surface area (Å²) in [4.78, 5) is 41.8. The van der Waals surface area contributed by atoms with E-state index in [0.29, 0.717) is 43.1 Å². The fraction of sp³-hybridized carbons (Fsp3) is 0.458. The van der Waals surface area contributed by atoms with Gasteiger partial charge in [0.05, 0.1) is 28.4 Å². The Morgan fingerprint density at radius 3 is 2.31 bits per heavy atom. The smallest absolute Gasteiger partial charge is 0.410 e. The second-order valence-electron chi connectivity index (χ2n) is 9.19. The Kier molecular flexibility index (Phi) is 8.22. The van der Waals surface area contributed by atoms with Gasteiger partial charge in [-0.1, -0.05) is 23.2 Å². The first-order valence-corrected chi connectivity index (χ1v) is 11.9. The number of anilines is 1. The van der Waals surface area contributed by atoms with Gasteiger partial charge in [-0.2, -0.15) is 0 Å². The van der Waals surface area contributed by atoms with Gasteiger partial charge >= 0.3 is 12.1 Å². The van der Waals surface area contributed by atoms with Crippen molar-refractivity contribution in [2.75, 3.05) is 25.5 Å². The largest absolute Gasteiger partial charge is 0.488 e. The molecule has 0 atom stereocenters. The van der Waals surface area contributed by atoms with Gasteiger partial charge in [-0.25, -0.2) is 9.59 Å². The van der Waals surface area contributed by atoms with Crippen molar-refractivity contribution in [1.82, 2.24) is 9.88 Å². The Balaban J connectivity index is 1.76. The molecule has 1 fully saturated rings. The van der Waals surface area contributed by atoms with Crippen molar-refractivity contribution >= 4 is 46.9 Å². The highest BCUT2D eigenvalue weighted by atomic mass is 35.5. The number of rotatable bonds is 5. The number of aromatic nitrogens is 1. The molecule has 1 aromatic heterocycles. The van der Waals surface area contributed by atoms with E-state index >= 15 is 0 Å². The number of H-pyrrole nitrogens is 1. The summed E-state index contributed by atoms with van der Waals surface area (Å²) in [6.07, 6.45) is 0.481. The number of benzene rings is 1. The summed E-state index contributed by atoms with van der Waals surface area (Å²) in [5.41, 5.74) is 0.718. The SMILES string of the molecule is COC(=O)c1ccc(NC(=O)c2[nH]c(C)c(Cl)c2Cl)c(OC2CCN(C(=O)OC(C)(C)C)CC2)c1. The van der Waals surface area contributed by atoms with Crippen molar-refractivity contribution in [3.63, 3.8) is 0 Å². The van der Waals surface area contributed by atoms with Crippen molar-refractivity contribution in [1.29, 1.82) is 0 Å². The van der Waals surface area contributed by atoms with Crippen LogP contribution in [0.1, 0.15) is 60.2 Å². The topological polar surface area (TPSA) is 110 Å². The lowest BCUT2D eigenvalue weighted by Gasteiger charge is -2.33. The number of amides is 2. The van der Waals surface area contributed by atoms with Gasteiger partial charge in [-0.3, -0.25) is 4.79 Å². The van der Waals surface area contributed by atoms with Crippen LogP contribution in [0.15, 0.2) is 18.2 Å². The number of methoxy groups -OCH3 is 1. The van der Waals surface area contributed by atoms with Crippen LogP contribution in [0.25, 0.3) is 0 Å². The van der Waals surface area contributed by atoms with Crippen molar-refractivity contribution in [2.24, 2.45) is 0 Å². The highest BCUT2D eigenvalue weighted by Gasteiger charge is 2.28. The minimum Gasteiger partial charge on any atom is -0.488 e. The first kappa shape index (κ1) is 26.7. The van der Waals surface area contributed by atoms with Crippen molar-refractivity contribution in [2.45, 2.75) is 52.2 Å². The summed E-state index contributed by atoms with van der Waals surface area (Å²) in [6, 6.07) is 4.59. The van der Waals surface area contributed by atoms with Gasteiger partial charge in [0.2, 0.25) is 0 Å². The summed E-state index contributed by atoms with van der Waals surface area (Å²) in [6.45, 7) is 8.07. The number of carbonyl (C=O) groups is 3. The van der Waals surface area contributed by atoms with Crippen LogP contribution in [0.4, 0.5) is 10.5 Å². The molecular formula is C24H29Cl2N3O6. The van der Waals surface area contributed by atoms with E-state index in [4.69, 9.17) is 37.4 Å². The lowest BCUT2D eigenvalue weighted by molar-refractivity contribution is 0.0126. The maximum atomic E-state index is 12.9. The average Bonchev–Trinajstić information content (AvgIpc) is 3.06. The summed E-state index contributed by atoms with van der Waals surface area (Å²) >= 11 is 12.3. The van der Waals surface area contributed by atoms with Gasteiger partial charge in [-0.15, -0.1) is 0 Å². The van der Waals surface area contributed by atoms with Crippen LogP contribution in [0, 0.1) is 6.92 Å². The summed E-state index contributed by atoms with van der Waals surface area (Å²) in [5.74, 6) is -0.759. The zero-order valence-electron chi connectivity index (χ0n) is 20.3. The predicted molar refractivity (Wildman–Crippen MR) is 133 cm³/mol. The van der Waals surface area contributed by atoms with Gasteiger partial charge in [0, 0.05) is 31.6 Å². The highest BCUT2D eigenvalue weighted by molar-refractivity contribution is 6.44. The second-order valence-corrected chi connectivity index (χ2v) is 9.95. The van der Waals surface area contributed by atoms with Crippen LogP contribution in [-0.4, -0.2) is 59.8 Å². The number of aromatic amines is 1. The molecule has 2 N–H and O–H groups in total. The van der Waals surface area contributed by atoms with E-state index in [9.17, 15) is 14.4 Å². The maximum Gasteiger partial charge on any atom is 0.410 e. The number of aryl methyl sites for hydroxylation is 1. The number of ether oxygens (including phenoxy) is 3. The van der Waals surface area contributed by atoms with Crippen molar-refractivity contribution in [3.8, 4) is 5.75 Å². The Morgan fingerprint density at radius 1 is 1.11 bits per heavy atom. The first-order valence-electron chi connectivity index (χ1n) is 11.1. The van der Waals surface area contributed by atoms with Crippen LogP contribution in [0.5, 0.6) is 5.75 Å². The molecule has 2 amide bonds. The zero-order valence-corrected chi connectivity index (χ0v) is 21.8. The molecular weight excluding hydrogens is 497 g/mol. The van der Waals surface area contributed by atoms with Crippen LogP contribution in [0.3, 0.4) is 0 Å². The number of hydrogen-bond donors (Lipinski definition) is 2. The van der Waals surface area contributed by atoms with E-state index in [0.717, 1.165) is 0 Å². The minimum atomic E-state index is -0.573. The molecule has 0 radical (unpaired) electrons. The van der Waals surface area contributed by atoms with Crippen LogP contribution >= 0.6 is 23.2 Å². The number of piperidine rings is 1. The third-order valence-electron chi connectivity index (χ3n) is 5.32. The minimum absolute atomic E-state index is 0.114. The normalized spacial score (nSPS) is 14.4. The molecule has 35 heavy (non-hydrogen) atoms. The number of nitrogens with zero attached hydrogens (tertiary/aromatic N) is 1. The van der Waals surface area contributed by atoms with Gasteiger partial charge in [-0.05, 0) is 45.9 Å². The van der Waals surface area contributed by atoms with Crippen LogP contribution in [0.2, 0.25) is 10.0 Å². The fourth-order valence-corrected chi connectivity index (χ4v) is 3.96. The van der Waals surface area contributed by atoms with E-state index in [1.807, 2.05) is 20.8 Å². The molecule has 0 saturated carbocycles. The molecule has 9 nitrogen and oxygen atoms in total. The number of carbonyl (C=O) groups excluding carboxylic acids is 3. The van der Waals surface area contributed by atoms with E-state index < -0.39 is 17.5 Å². The predicted octanol–water partition coefficient (Wildman–Crippen LogP) is 5.45. The monoisotopic (exact) mass is 525 g/mol. The molecule has 1 aliphatic rings. The van der Waals surface area contributed by atoms with Gasteiger partial charge < -0.3 is 29.4 Å². The molecule has 0 unspecified atom stereocenters. The Morgan fingerprint density at radius 2 is 1.77 bits per heavy atom. The summed E-state index contributed by atoms with van der Waals surface area (Å²) in [5, 5.41) is 3.14. The Hall–Kier alpha value is -2.91. The van der Waals surface area contributed by atoms with Crippen molar-refractivity contribution in [3.05, 3.63) is 45.2 Å². The van der Waals surface area contributed by atoms with Crippen molar-refractivity contribution < 1.29 is 28.6 Å². The van der Waals surface area contributed by atoms with E-state index in [-0.39, 0.29) is 33.5 Å². The van der Waals surface area contributed by atoms with Gasteiger partial charge in [0.15, 0.2) is 0 Å². The molecule has 11 heteroatoms. The lowest BCUT2D eigenvalue weighted by Crippen LogP contribution is -2.44. The van der Waals surface area contributed by atoms with Gasteiger partial charge in [0.25, 0.3) is 5.91 Å². The fourth-order valence-electron chi connectivity index (χ4n) is 3.54. The molecule has 1 aromatic carbocycles. The number of halogens is 2. The molecule has 0 spiro atoms. The van der Waals surface area contributed by atoms with E-state index in [2.05, 4.69) is 10.3 Å². The number of esters is 1. The summed E-state index contributed by atoms with van der Waals surface area (Å²) in [7, 11) is 1.28. The standard InChI is InChI=1S/C24H29Cl2N3O6/c1-13-18(25)19(26)20(27-13)21(30)28-16-7-6-14(22(31)33-5)12-17(16)34-15-8-10-29(11-9-15)23(32)35-24(2,3)4/h6-7,12,15,27H,8-11H2,1-5H3,(H,28,30). The molecule has 1 saturated heterocycles. The maximum absolute atomic E-state index is 12.9. The molecule has 3 rings (SSSR count). The average molecular weight is 526 g/mol. The summed E-state index contributed by atoms with van der Waals surface area (Å²) < 4.78 is 16.4. The third-order valence-corrected chi connectivity index (χ3v) is 6.27. The highest BCUT2D eigenvalue weighted by Crippen LogP contribution is 2.33. The molecule has 1 aliphatic heterocycles. The number of nitrogens with one attached hydrogen (secondary N) is 2. The van der Waals surface area contributed by atoms with Crippen LogP contribution < -0.4 is 10.1 Å². The van der Waals surface area contributed by atoms with E-state index in [1.165, 1.54) is 19.2 Å². The second kappa shape index (κ2) is 10.8. The zero-order chi connectivity index (χ0) is 25.9. The number of hydrogen-bond acceptors (Lipinski definition) is 6. The molecule has 2 aromatic rings. The number of likely N-dealkylation sites (tertiary alicyclic amines) is 1. The molecule has 190 valence electrons. The Labute approximate surface area is 214 Å². The quantitative estimate of drug-likeness (QED) is 0.502. The van der Waals surface area contributed by atoms with Crippen LogP contribution in [-0.2, 0) is 9.47 Å². The molecule has 0 bridgehead atoms. The lowest BCUT2D eigenvalue weighted by atomic mass is 10.1. The Bertz CT molecular complexity index is 1120.